The van der Waals surface area contributed by atoms with Crippen LogP contribution in [0.15, 0.2) is 30.3 Å². The van der Waals surface area contributed by atoms with Crippen molar-refractivity contribution in [2.75, 3.05) is 32.7 Å². The molecule has 0 radical (unpaired) electrons. The molecule has 3 fully saturated rings. The van der Waals surface area contributed by atoms with Crippen molar-refractivity contribution in [2.24, 2.45) is 11.8 Å². The summed E-state index contributed by atoms with van der Waals surface area (Å²) < 4.78 is 27.0. The first-order valence-electron chi connectivity index (χ1n) is 10.6. The van der Waals surface area contributed by atoms with E-state index in [0.717, 1.165) is 32.2 Å². The second-order valence-corrected chi connectivity index (χ2v) is 11.0. The van der Waals surface area contributed by atoms with Gasteiger partial charge in [0.25, 0.3) is 0 Å². The van der Waals surface area contributed by atoms with Gasteiger partial charge in [0.05, 0.1) is 5.25 Å². The zero-order chi connectivity index (χ0) is 18.4. The number of hydrogen-bond acceptors (Lipinski definition) is 3. The third-order valence-corrected chi connectivity index (χ3v) is 9.29. The van der Waals surface area contributed by atoms with Crippen molar-refractivity contribution in [3.8, 4) is 0 Å². The van der Waals surface area contributed by atoms with Crippen LogP contribution in [0.3, 0.4) is 0 Å². The van der Waals surface area contributed by atoms with Gasteiger partial charge in [0.1, 0.15) is 0 Å². The molecule has 1 aromatic carbocycles. The molecule has 5 heteroatoms. The fourth-order valence-electron chi connectivity index (χ4n) is 5.13. The average molecular weight is 387 g/mol. The predicted molar refractivity (Wildman–Crippen MR) is 109 cm³/mol. The van der Waals surface area contributed by atoms with E-state index in [4.69, 9.17) is 0 Å². The Morgan fingerprint density at radius 1 is 1.00 bits per heavy atom. The number of allylic oxidation sites excluding steroid dienone is 1. The third kappa shape index (κ3) is 3.50. The quantitative estimate of drug-likeness (QED) is 0.754. The summed E-state index contributed by atoms with van der Waals surface area (Å²) in [7, 11) is -3.03. The van der Waals surface area contributed by atoms with E-state index in [2.05, 4.69) is 35.2 Å². The Balaban J connectivity index is 1.24. The summed E-state index contributed by atoms with van der Waals surface area (Å²) in [4.78, 5) is 2.56. The molecule has 2 atom stereocenters. The minimum atomic E-state index is -3.03. The molecule has 2 unspecified atom stereocenters. The maximum atomic E-state index is 12.6. The van der Waals surface area contributed by atoms with Gasteiger partial charge >= 0.3 is 0 Å². The fourth-order valence-corrected chi connectivity index (χ4v) is 7.05. The number of rotatable bonds is 6. The van der Waals surface area contributed by atoms with Gasteiger partial charge in [0, 0.05) is 25.6 Å². The smallest absolute Gasteiger partial charge is 0.217 e. The van der Waals surface area contributed by atoms with Crippen molar-refractivity contribution >= 4 is 15.6 Å². The summed E-state index contributed by atoms with van der Waals surface area (Å²) in [5, 5.41) is -0.0846. The fraction of sp³-hybridized carbons (Fsp3) is 0.636. The van der Waals surface area contributed by atoms with Crippen molar-refractivity contribution in [3.63, 3.8) is 0 Å². The van der Waals surface area contributed by atoms with Crippen LogP contribution in [-0.4, -0.2) is 55.6 Å². The van der Waals surface area contributed by atoms with E-state index in [-0.39, 0.29) is 5.25 Å². The summed E-state index contributed by atoms with van der Waals surface area (Å²) >= 11 is 0. The molecule has 2 aliphatic heterocycles. The molecule has 4 nitrogen and oxygen atoms in total. The molecule has 2 heterocycles. The molecule has 1 aromatic rings. The number of benzene rings is 1. The number of nitrogens with zero attached hydrogens (tertiary/aromatic N) is 2. The van der Waals surface area contributed by atoms with Crippen LogP contribution in [0, 0.1) is 11.8 Å². The standard InChI is InChI=1S/C22H30N2O2S/c25-27(26,20-8-9-20)24-15-19-7-10-21(22(19)16-24)18-5-3-17(4-6-18)11-14-23-12-1-2-13-23/h3-6,10,19-20,22H,1-2,7-9,11-16H2. The van der Waals surface area contributed by atoms with Crippen LogP contribution in [0.1, 0.15) is 43.2 Å². The maximum Gasteiger partial charge on any atom is 0.217 e. The first kappa shape index (κ1) is 17.9. The minimum Gasteiger partial charge on any atom is -0.303 e. The molecule has 0 N–H and O–H groups in total. The second-order valence-electron chi connectivity index (χ2n) is 8.82. The topological polar surface area (TPSA) is 40.6 Å². The molecule has 0 spiro atoms. The Kier molecular flexibility index (Phi) is 4.65. The van der Waals surface area contributed by atoms with Gasteiger partial charge in [-0.2, -0.15) is 0 Å². The Bertz CT molecular complexity index is 820. The number of likely N-dealkylation sites (tertiary alicyclic amines) is 1. The molecule has 27 heavy (non-hydrogen) atoms. The van der Waals surface area contributed by atoms with Gasteiger partial charge in [-0.1, -0.05) is 30.3 Å². The molecule has 1 saturated carbocycles. The van der Waals surface area contributed by atoms with Crippen LogP contribution in [0.25, 0.3) is 5.57 Å². The number of sulfonamides is 1. The van der Waals surface area contributed by atoms with Gasteiger partial charge in [-0.25, -0.2) is 12.7 Å². The molecular weight excluding hydrogens is 356 g/mol. The molecule has 146 valence electrons. The summed E-state index contributed by atoms with van der Waals surface area (Å²) in [5.41, 5.74) is 4.07. The first-order chi connectivity index (χ1) is 13.1. The highest BCUT2D eigenvalue weighted by Gasteiger charge is 2.47. The normalized spacial score (nSPS) is 29.3. The highest BCUT2D eigenvalue weighted by Crippen LogP contribution is 2.45. The highest BCUT2D eigenvalue weighted by atomic mass is 32.2. The van der Waals surface area contributed by atoms with Crippen LogP contribution < -0.4 is 0 Å². The van der Waals surface area contributed by atoms with Crippen molar-refractivity contribution in [1.29, 1.82) is 0 Å². The number of fused-ring (bicyclic) bond motifs is 1. The van der Waals surface area contributed by atoms with E-state index < -0.39 is 10.0 Å². The molecule has 2 aliphatic carbocycles. The molecule has 5 rings (SSSR count). The highest BCUT2D eigenvalue weighted by molar-refractivity contribution is 7.90. The van der Waals surface area contributed by atoms with Gasteiger partial charge < -0.3 is 4.90 Å². The van der Waals surface area contributed by atoms with Crippen molar-refractivity contribution in [3.05, 3.63) is 41.5 Å². The molecule has 0 aromatic heterocycles. The Hall–Kier alpha value is -1.17. The van der Waals surface area contributed by atoms with E-state index in [9.17, 15) is 8.42 Å². The van der Waals surface area contributed by atoms with E-state index >= 15 is 0 Å². The summed E-state index contributed by atoms with van der Waals surface area (Å²) in [6, 6.07) is 9.05. The monoisotopic (exact) mass is 386 g/mol. The Morgan fingerprint density at radius 3 is 2.44 bits per heavy atom. The van der Waals surface area contributed by atoms with E-state index in [1.807, 2.05) is 0 Å². The zero-order valence-corrected chi connectivity index (χ0v) is 16.8. The SMILES string of the molecule is O=S(=O)(C1CC1)N1CC2CC=C(c3ccc(CCN4CCCC4)cc3)C2C1. The van der Waals surface area contributed by atoms with Gasteiger partial charge in [-0.3, -0.25) is 0 Å². The lowest BCUT2D eigenvalue weighted by Gasteiger charge is -2.18. The first-order valence-corrected chi connectivity index (χ1v) is 12.1. The van der Waals surface area contributed by atoms with Gasteiger partial charge in [0.15, 0.2) is 0 Å². The lowest BCUT2D eigenvalue weighted by atomic mass is 9.90. The van der Waals surface area contributed by atoms with E-state index in [0.29, 0.717) is 18.4 Å². The second kappa shape index (κ2) is 7.02. The largest absolute Gasteiger partial charge is 0.303 e. The van der Waals surface area contributed by atoms with E-state index in [1.54, 1.807) is 4.31 Å². The molecule has 4 aliphatic rings. The van der Waals surface area contributed by atoms with E-state index in [1.165, 1.54) is 49.2 Å². The van der Waals surface area contributed by atoms with Crippen LogP contribution in [0.2, 0.25) is 0 Å². The third-order valence-electron chi connectivity index (χ3n) is 6.96. The maximum absolute atomic E-state index is 12.6. The average Bonchev–Trinajstić information content (AvgIpc) is 3.08. The Morgan fingerprint density at radius 2 is 1.74 bits per heavy atom. The summed E-state index contributed by atoms with van der Waals surface area (Å²) in [6.07, 6.45) is 8.92. The summed E-state index contributed by atoms with van der Waals surface area (Å²) in [6.45, 7) is 5.09. The molecule has 0 bridgehead atoms. The molecule has 2 saturated heterocycles. The Labute approximate surface area is 163 Å². The van der Waals surface area contributed by atoms with Crippen LogP contribution in [-0.2, 0) is 16.4 Å². The lowest BCUT2D eigenvalue weighted by Crippen LogP contribution is -2.32. The molecular formula is C22H30N2O2S. The van der Waals surface area contributed by atoms with Gasteiger partial charge in [0.2, 0.25) is 10.0 Å². The van der Waals surface area contributed by atoms with Crippen LogP contribution in [0.4, 0.5) is 0 Å². The molecule has 0 amide bonds. The van der Waals surface area contributed by atoms with Crippen LogP contribution in [0.5, 0.6) is 0 Å². The zero-order valence-electron chi connectivity index (χ0n) is 16.0. The van der Waals surface area contributed by atoms with Crippen molar-refractivity contribution in [2.45, 2.75) is 43.8 Å². The van der Waals surface area contributed by atoms with Gasteiger partial charge in [-0.05, 0) is 74.2 Å². The predicted octanol–water partition coefficient (Wildman–Crippen LogP) is 3.15. The van der Waals surface area contributed by atoms with Gasteiger partial charge in [-0.15, -0.1) is 0 Å². The number of hydrogen-bond donors (Lipinski definition) is 0. The van der Waals surface area contributed by atoms with Crippen molar-refractivity contribution < 1.29 is 8.42 Å². The summed E-state index contributed by atoms with van der Waals surface area (Å²) in [5.74, 6) is 0.859. The van der Waals surface area contributed by atoms with Crippen molar-refractivity contribution in [1.82, 2.24) is 9.21 Å². The lowest BCUT2D eigenvalue weighted by molar-refractivity contribution is 0.343. The minimum absolute atomic E-state index is 0.0846. The van der Waals surface area contributed by atoms with Crippen LogP contribution >= 0.6 is 0 Å².